The van der Waals surface area contributed by atoms with Crippen LogP contribution in [-0.4, -0.2) is 0 Å². The number of rotatable bonds is 0. The molecule has 2 aromatic heterocycles. The summed E-state index contributed by atoms with van der Waals surface area (Å²) in [5.41, 5.74) is -0.819. The third kappa shape index (κ3) is 1.10. The molecule has 0 aliphatic carbocycles. The van der Waals surface area contributed by atoms with Crippen molar-refractivity contribution in [2.75, 3.05) is 0 Å². The first kappa shape index (κ1) is 8.91. The fourth-order valence-corrected chi connectivity index (χ4v) is 1.81. The maximum atomic E-state index is 11.4. The fraction of sp³-hybridized carbons (Fsp3) is 0. The predicted octanol–water partition coefficient (Wildman–Crippen LogP) is 1.90. The summed E-state index contributed by atoms with van der Waals surface area (Å²) in [6.45, 7) is 0. The Morgan fingerprint density at radius 2 is 1.06 bits per heavy atom. The Labute approximate surface area is 88.7 Å². The maximum absolute atomic E-state index is 11.4. The van der Waals surface area contributed by atoms with Crippen molar-refractivity contribution in [1.82, 2.24) is 0 Å². The topological polar surface area (TPSA) is 60.4 Å². The molecule has 0 radical (unpaired) electrons. The minimum atomic E-state index is -0.410. The Bertz CT molecular complexity index is 726. The first-order chi connectivity index (χ1) is 7.77. The van der Waals surface area contributed by atoms with Gasteiger partial charge in [0.25, 0.3) is 0 Å². The largest absolute Gasteiger partial charge is 0.431 e. The van der Waals surface area contributed by atoms with Crippen molar-refractivity contribution in [2.24, 2.45) is 0 Å². The van der Waals surface area contributed by atoms with Crippen LogP contribution in [0.4, 0.5) is 0 Å². The summed E-state index contributed by atoms with van der Waals surface area (Å²) in [7, 11) is 0. The molecule has 0 saturated heterocycles. The average Bonchev–Trinajstić information content (AvgIpc) is 2.30. The van der Waals surface area contributed by atoms with Gasteiger partial charge in [-0.3, -0.25) is 0 Å². The van der Waals surface area contributed by atoms with Gasteiger partial charge in [0.05, 0.1) is 23.3 Å². The minimum Gasteiger partial charge on any atom is -0.431 e. The lowest BCUT2D eigenvalue weighted by Crippen LogP contribution is -2.02. The summed E-state index contributed by atoms with van der Waals surface area (Å²) in [6.07, 6.45) is 2.64. The molecule has 0 fully saturated rings. The Balaban J connectivity index is 2.71. The van der Waals surface area contributed by atoms with Crippen molar-refractivity contribution in [3.63, 3.8) is 0 Å². The van der Waals surface area contributed by atoms with Crippen molar-refractivity contribution in [3.8, 4) is 0 Å². The van der Waals surface area contributed by atoms with Gasteiger partial charge in [0.2, 0.25) is 0 Å². The van der Waals surface area contributed by atoms with Crippen molar-refractivity contribution < 1.29 is 8.83 Å². The van der Waals surface area contributed by atoms with Gasteiger partial charge < -0.3 is 8.83 Å². The normalized spacial score (nSPS) is 11.0. The summed E-state index contributed by atoms with van der Waals surface area (Å²) < 4.78 is 9.52. The van der Waals surface area contributed by atoms with E-state index in [-0.39, 0.29) is 0 Å². The highest BCUT2D eigenvalue weighted by Gasteiger charge is 2.06. The molecule has 0 aliphatic rings. The van der Waals surface area contributed by atoms with Gasteiger partial charge in [0, 0.05) is 10.8 Å². The first-order valence-electron chi connectivity index (χ1n) is 4.69. The van der Waals surface area contributed by atoms with Gasteiger partial charge in [-0.25, -0.2) is 9.59 Å². The first-order valence-corrected chi connectivity index (χ1v) is 4.69. The van der Waals surface area contributed by atoms with Gasteiger partial charge in [0.15, 0.2) is 0 Å². The molecule has 1 aromatic carbocycles. The number of hydrogen-bond donors (Lipinski definition) is 0. The third-order valence-electron chi connectivity index (χ3n) is 2.55. The molecular formula is C12H6O4. The second-order valence-corrected chi connectivity index (χ2v) is 3.40. The second kappa shape index (κ2) is 3.06. The highest BCUT2D eigenvalue weighted by molar-refractivity contribution is 6.06. The molecule has 16 heavy (non-hydrogen) atoms. The van der Waals surface area contributed by atoms with Crippen LogP contribution >= 0.6 is 0 Å². The molecule has 3 aromatic rings. The van der Waals surface area contributed by atoms with E-state index in [4.69, 9.17) is 8.83 Å². The highest BCUT2D eigenvalue weighted by atomic mass is 16.4. The van der Waals surface area contributed by atoms with Crippen LogP contribution in [0.5, 0.6) is 0 Å². The van der Waals surface area contributed by atoms with E-state index in [1.165, 1.54) is 12.5 Å². The van der Waals surface area contributed by atoms with E-state index in [2.05, 4.69) is 0 Å². The Kier molecular flexibility index (Phi) is 1.71. The molecule has 78 valence electrons. The van der Waals surface area contributed by atoms with Crippen LogP contribution in [0.1, 0.15) is 0 Å². The van der Waals surface area contributed by atoms with Gasteiger partial charge in [-0.15, -0.1) is 0 Å². The standard InChI is InChI=1S/C12H6O4/c13-11-9-1-2-10-8(4-6-16-12(10)14)7(9)3-5-15-11/h1-6H. The Morgan fingerprint density at radius 1 is 0.625 bits per heavy atom. The lowest BCUT2D eigenvalue weighted by atomic mass is 10.1. The van der Waals surface area contributed by atoms with Crippen molar-refractivity contribution in [2.45, 2.75) is 0 Å². The van der Waals surface area contributed by atoms with Gasteiger partial charge in [-0.2, -0.15) is 0 Å². The van der Waals surface area contributed by atoms with E-state index in [1.54, 1.807) is 24.3 Å². The molecule has 4 heteroatoms. The molecule has 2 heterocycles. The van der Waals surface area contributed by atoms with Crippen LogP contribution in [-0.2, 0) is 0 Å². The van der Waals surface area contributed by atoms with E-state index < -0.39 is 11.3 Å². The highest BCUT2D eigenvalue weighted by Crippen LogP contribution is 2.20. The van der Waals surface area contributed by atoms with Crippen LogP contribution < -0.4 is 11.3 Å². The molecule has 0 amide bonds. The molecule has 0 unspecified atom stereocenters. The Hall–Kier alpha value is -2.36. The summed E-state index contributed by atoms with van der Waals surface area (Å²) in [4.78, 5) is 22.9. The molecule has 3 rings (SSSR count). The summed E-state index contributed by atoms with van der Waals surface area (Å²) in [5, 5.41) is 2.31. The van der Waals surface area contributed by atoms with Crippen LogP contribution in [0.3, 0.4) is 0 Å². The summed E-state index contributed by atoms with van der Waals surface area (Å²) in [5.74, 6) is 0. The third-order valence-corrected chi connectivity index (χ3v) is 2.55. The lowest BCUT2D eigenvalue weighted by molar-refractivity contribution is 0.517. The van der Waals surface area contributed by atoms with E-state index in [0.29, 0.717) is 21.5 Å². The Morgan fingerprint density at radius 3 is 1.50 bits per heavy atom. The number of fused-ring (bicyclic) bond motifs is 3. The lowest BCUT2D eigenvalue weighted by Gasteiger charge is -1.99. The zero-order chi connectivity index (χ0) is 11.1. The zero-order valence-electron chi connectivity index (χ0n) is 8.10. The van der Waals surface area contributed by atoms with Crippen LogP contribution in [0.15, 0.2) is 55.2 Å². The number of benzene rings is 1. The summed E-state index contributed by atoms with van der Waals surface area (Å²) >= 11 is 0. The molecular weight excluding hydrogens is 208 g/mol. The summed E-state index contributed by atoms with van der Waals surface area (Å²) in [6, 6.07) is 6.47. The van der Waals surface area contributed by atoms with Crippen LogP contribution in [0.2, 0.25) is 0 Å². The quantitative estimate of drug-likeness (QED) is 0.536. The van der Waals surface area contributed by atoms with Gasteiger partial charge in [-0.1, -0.05) is 0 Å². The monoisotopic (exact) mass is 214 g/mol. The zero-order valence-corrected chi connectivity index (χ0v) is 8.10. The maximum Gasteiger partial charge on any atom is 0.343 e. The SMILES string of the molecule is O=c1occc2c1ccc1c(=O)occc12. The minimum absolute atomic E-state index is 0.410. The molecule has 0 aliphatic heterocycles. The molecule has 4 nitrogen and oxygen atoms in total. The smallest absolute Gasteiger partial charge is 0.343 e. The molecule has 0 atom stereocenters. The molecule has 0 N–H and O–H groups in total. The van der Waals surface area contributed by atoms with Crippen LogP contribution in [0.25, 0.3) is 21.5 Å². The number of hydrogen-bond acceptors (Lipinski definition) is 4. The van der Waals surface area contributed by atoms with E-state index in [0.717, 1.165) is 0 Å². The average molecular weight is 214 g/mol. The van der Waals surface area contributed by atoms with Gasteiger partial charge in [0.1, 0.15) is 0 Å². The second-order valence-electron chi connectivity index (χ2n) is 3.40. The van der Waals surface area contributed by atoms with Crippen molar-refractivity contribution >= 4 is 21.5 Å². The predicted molar refractivity (Wildman–Crippen MR) is 58.5 cm³/mol. The van der Waals surface area contributed by atoms with Crippen molar-refractivity contribution in [3.05, 3.63) is 57.6 Å². The van der Waals surface area contributed by atoms with E-state index >= 15 is 0 Å². The fourth-order valence-electron chi connectivity index (χ4n) is 1.81. The van der Waals surface area contributed by atoms with E-state index in [9.17, 15) is 9.59 Å². The molecule has 0 spiro atoms. The molecule has 0 saturated carbocycles. The van der Waals surface area contributed by atoms with Gasteiger partial charge >= 0.3 is 11.3 Å². The van der Waals surface area contributed by atoms with Crippen LogP contribution in [0, 0.1) is 0 Å². The van der Waals surface area contributed by atoms with Crippen molar-refractivity contribution in [1.29, 1.82) is 0 Å². The van der Waals surface area contributed by atoms with Gasteiger partial charge in [-0.05, 0) is 24.3 Å². The van der Waals surface area contributed by atoms with E-state index in [1.807, 2.05) is 0 Å². The molecule has 0 bridgehead atoms.